The summed E-state index contributed by atoms with van der Waals surface area (Å²) in [5.41, 5.74) is 5.03. The molecule has 2 atom stereocenters. The molecule has 1 aliphatic rings. The van der Waals surface area contributed by atoms with Crippen molar-refractivity contribution < 1.29 is 19.5 Å². The van der Waals surface area contributed by atoms with Gasteiger partial charge < -0.3 is 15.7 Å². The summed E-state index contributed by atoms with van der Waals surface area (Å²) >= 11 is 0. The van der Waals surface area contributed by atoms with Gasteiger partial charge in [-0.3, -0.25) is 9.59 Å². The molecular formula is C8H12N2O4. The summed E-state index contributed by atoms with van der Waals surface area (Å²) in [6.07, 6.45) is 0.0208. The van der Waals surface area contributed by atoms with Gasteiger partial charge in [0, 0.05) is 13.0 Å². The first kappa shape index (κ1) is 10.5. The molecule has 1 saturated heterocycles. The topological polar surface area (TPSA) is 101 Å². The highest BCUT2D eigenvalue weighted by Crippen LogP contribution is 2.19. The fraction of sp³-hybridized carbons (Fsp3) is 0.625. The first-order valence-electron chi connectivity index (χ1n) is 4.25. The molecule has 1 rings (SSSR count). The van der Waals surface area contributed by atoms with Crippen LogP contribution in [0.4, 0.5) is 0 Å². The number of nitrogens with two attached hydrogens (primary N) is 1. The third-order valence-electron chi connectivity index (χ3n) is 2.39. The van der Waals surface area contributed by atoms with Crippen molar-refractivity contribution in [3.8, 4) is 0 Å². The highest BCUT2D eigenvalue weighted by Gasteiger charge is 2.37. The van der Waals surface area contributed by atoms with E-state index in [0.29, 0.717) is 0 Å². The number of carbonyl (C=O) groups is 3. The third kappa shape index (κ3) is 1.84. The van der Waals surface area contributed by atoms with Crippen molar-refractivity contribution in [1.29, 1.82) is 0 Å². The van der Waals surface area contributed by atoms with E-state index < -0.39 is 23.8 Å². The summed E-state index contributed by atoms with van der Waals surface area (Å²) in [6.45, 7) is 1.52. The number of carboxylic acids is 1. The van der Waals surface area contributed by atoms with Gasteiger partial charge in [0.2, 0.25) is 11.8 Å². The Morgan fingerprint density at radius 1 is 1.64 bits per heavy atom. The van der Waals surface area contributed by atoms with Gasteiger partial charge in [-0.15, -0.1) is 0 Å². The van der Waals surface area contributed by atoms with Crippen LogP contribution >= 0.6 is 0 Å². The predicted octanol–water partition coefficient (Wildman–Crippen LogP) is -1.21. The van der Waals surface area contributed by atoms with Crippen molar-refractivity contribution in [2.75, 3.05) is 6.54 Å². The maximum absolute atomic E-state index is 11.3. The average molecular weight is 200 g/mol. The Balaban J connectivity index is 2.70. The molecule has 2 unspecified atom stereocenters. The van der Waals surface area contributed by atoms with Crippen LogP contribution in [0.3, 0.4) is 0 Å². The molecule has 6 heteroatoms. The smallest absolute Gasteiger partial charge is 0.326 e. The third-order valence-corrected chi connectivity index (χ3v) is 2.39. The zero-order chi connectivity index (χ0) is 10.9. The van der Waals surface area contributed by atoms with Crippen molar-refractivity contribution in [2.24, 2.45) is 11.7 Å². The molecule has 0 saturated carbocycles. The van der Waals surface area contributed by atoms with Gasteiger partial charge in [0.15, 0.2) is 0 Å². The van der Waals surface area contributed by atoms with Crippen molar-refractivity contribution in [3.05, 3.63) is 0 Å². The van der Waals surface area contributed by atoms with E-state index in [0.717, 1.165) is 4.90 Å². The molecule has 0 radical (unpaired) electrons. The number of hydrogen-bond donors (Lipinski definition) is 2. The van der Waals surface area contributed by atoms with Gasteiger partial charge in [-0.1, -0.05) is 0 Å². The summed E-state index contributed by atoms with van der Waals surface area (Å²) in [5.74, 6) is -2.52. The molecule has 0 aromatic carbocycles. The van der Waals surface area contributed by atoms with Crippen molar-refractivity contribution in [3.63, 3.8) is 0 Å². The Bertz CT molecular complexity index is 289. The minimum Gasteiger partial charge on any atom is -0.480 e. The number of carbonyl (C=O) groups excluding carboxylic acids is 2. The van der Waals surface area contributed by atoms with Gasteiger partial charge in [0.05, 0.1) is 5.92 Å². The maximum atomic E-state index is 11.3. The molecule has 14 heavy (non-hydrogen) atoms. The normalized spacial score (nSPS) is 23.6. The lowest BCUT2D eigenvalue weighted by Crippen LogP contribution is -2.40. The molecule has 0 bridgehead atoms. The van der Waals surface area contributed by atoms with E-state index >= 15 is 0 Å². The van der Waals surface area contributed by atoms with Crippen molar-refractivity contribution in [1.82, 2.24) is 4.90 Å². The molecular weight excluding hydrogens is 188 g/mol. The lowest BCUT2D eigenvalue weighted by Gasteiger charge is -2.20. The van der Waals surface area contributed by atoms with Gasteiger partial charge in [0.25, 0.3) is 0 Å². The largest absolute Gasteiger partial charge is 0.480 e. The quantitative estimate of drug-likeness (QED) is 0.597. The first-order valence-corrected chi connectivity index (χ1v) is 4.25. The van der Waals surface area contributed by atoms with Gasteiger partial charge >= 0.3 is 5.97 Å². The van der Waals surface area contributed by atoms with Crippen LogP contribution in [0.25, 0.3) is 0 Å². The number of rotatable bonds is 3. The van der Waals surface area contributed by atoms with Crippen LogP contribution in [0, 0.1) is 5.92 Å². The Hall–Kier alpha value is -1.59. The van der Waals surface area contributed by atoms with Crippen molar-refractivity contribution in [2.45, 2.75) is 19.4 Å². The fourth-order valence-corrected chi connectivity index (χ4v) is 1.43. The number of amides is 2. The van der Waals surface area contributed by atoms with E-state index in [1.807, 2.05) is 0 Å². The monoisotopic (exact) mass is 200 g/mol. The minimum atomic E-state index is -1.08. The summed E-state index contributed by atoms with van der Waals surface area (Å²) in [6, 6.07) is -0.896. The lowest BCUT2D eigenvalue weighted by molar-refractivity contribution is -0.147. The van der Waals surface area contributed by atoms with Crippen LogP contribution in [0.15, 0.2) is 0 Å². The van der Waals surface area contributed by atoms with Crippen LogP contribution in [0.1, 0.15) is 13.3 Å². The standard InChI is InChI=1S/C8H12N2O4/c1-4(8(13)14)10-3-5(7(9)12)2-6(10)11/h4-5H,2-3H2,1H3,(H2,9,12)(H,13,14). The van der Waals surface area contributed by atoms with Crippen LogP contribution < -0.4 is 5.73 Å². The molecule has 78 valence electrons. The number of aliphatic carboxylic acids is 1. The van der Waals surface area contributed by atoms with Gasteiger partial charge in [-0.2, -0.15) is 0 Å². The number of hydrogen-bond acceptors (Lipinski definition) is 3. The Kier molecular flexibility index (Phi) is 2.73. The summed E-state index contributed by atoms with van der Waals surface area (Å²) in [4.78, 5) is 33.8. The summed E-state index contributed by atoms with van der Waals surface area (Å²) in [5, 5.41) is 8.67. The van der Waals surface area contributed by atoms with Gasteiger partial charge in [-0.05, 0) is 6.92 Å². The predicted molar refractivity (Wildman–Crippen MR) is 46.1 cm³/mol. The molecule has 2 amide bonds. The van der Waals surface area contributed by atoms with Gasteiger partial charge in [-0.25, -0.2) is 4.79 Å². The van der Waals surface area contributed by atoms with Crippen LogP contribution in [-0.2, 0) is 14.4 Å². The SMILES string of the molecule is CC(C(=O)O)N1CC(C(N)=O)CC1=O. The molecule has 0 spiro atoms. The molecule has 1 fully saturated rings. The van der Waals surface area contributed by atoms with Crippen LogP contribution in [0.2, 0.25) is 0 Å². The molecule has 1 aliphatic heterocycles. The Morgan fingerprint density at radius 2 is 2.21 bits per heavy atom. The van der Waals surface area contributed by atoms with E-state index in [2.05, 4.69) is 0 Å². The van der Waals surface area contributed by atoms with Crippen LogP contribution in [0.5, 0.6) is 0 Å². The number of primary amides is 1. The summed E-state index contributed by atoms with van der Waals surface area (Å²) in [7, 11) is 0. The second kappa shape index (κ2) is 3.65. The second-order valence-electron chi connectivity index (χ2n) is 3.36. The van der Waals surface area contributed by atoms with Gasteiger partial charge in [0.1, 0.15) is 6.04 Å². The van der Waals surface area contributed by atoms with E-state index in [1.54, 1.807) is 0 Å². The van der Waals surface area contributed by atoms with Crippen molar-refractivity contribution >= 4 is 17.8 Å². The maximum Gasteiger partial charge on any atom is 0.326 e. The fourth-order valence-electron chi connectivity index (χ4n) is 1.43. The summed E-state index contributed by atoms with van der Waals surface area (Å²) < 4.78 is 0. The second-order valence-corrected chi connectivity index (χ2v) is 3.36. The average Bonchev–Trinajstić information content (AvgIpc) is 2.46. The molecule has 0 aliphatic carbocycles. The number of carboxylic acid groups (broad SMARTS) is 1. The lowest BCUT2D eigenvalue weighted by atomic mass is 10.1. The van der Waals surface area contributed by atoms with E-state index in [9.17, 15) is 14.4 Å². The molecule has 0 aromatic heterocycles. The zero-order valence-electron chi connectivity index (χ0n) is 7.77. The molecule has 6 nitrogen and oxygen atoms in total. The van der Waals surface area contributed by atoms with E-state index in [-0.39, 0.29) is 18.9 Å². The van der Waals surface area contributed by atoms with E-state index in [1.165, 1.54) is 6.92 Å². The van der Waals surface area contributed by atoms with E-state index in [4.69, 9.17) is 10.8 Å². The first-order chi connectivity index (χ1) is 6.43. The highest BCUT2D eigenvalue weighted by molar-refractivity contribution is 5.91. The number of nitrogens with zero attached hydrogens (tertiary/aromatic N) is 1. The number of likely N-dealkylation sites (tertiary alicyclic amines) is 1. The molecule has 1 heterocycles. The highest BCUT2D eigenvalue weighted by atomic mass is 16.4. The molecule has 0 aromatic rings. The van der Waals surface area contributed by atoms with Crippen LogP contribution in [-0.4, -0.2) is 40.4 Å². The zero-order valence-corrected chi connectivity index (χ0v) is 7.77. The Morgan fingerprint density at radius 3 is 2.57 bits per heavy atom. The Labute approximate surface area is 80.7 Å². The molecule has 3 N–H and O–H groups in total. The minimum absolute atomic E-state index is 0.0208.